The molecule has 25 heavy (non-hydrogen) atoms. The Kier molecular flexibility index (Phi) is 4.61. The molecule has 1 aromatic rings. The van der Waals surface area contributed by atoms with Crippen LogP contribution in [0.3, 0.4) is 0 Å². The van der Waals surface area contributed by atoms with E-state index >= 15 is 0 Å². The van der Waals surface area contributed by atoms with Gasteiger partial charge < -0.3 is 9.80 Å². The van der Waals surface area contributed by atoms with E-state index in [-0.39, 0.29) is 0 Å². The van der Waals surface area contributed by atoms with E-state index in [0.717, 1.165) is 56.7 Å². The second-order valence-electron chi connectivity index (χ2n) is 7.75. The van der Waals surface area contributed by atoms with Gasteiger partial charge in [-0.05, 0) is 62.0 Å². The maximum Gasteiger partial charge on any atom is 0.222 e. The Hall–Kier alpha value is -2.09. The fourth-order valence-corrected chi connectivity index (χ4v) is 4.21. The molecule has 4 rings (SSSR count). The number of pyridine rings is 1. The maximum absolute atomic E-state index is 12.8. The van der Waals surface area contributed by atoms with Gasteiger partial charge in [0.2, 0.25) is 5.91 Å². The van der Waals surface area contributed by atoms with E-state index in [9.17, 15) is 10.1 Å². The fraction of sp³-hybridized carbons (Fsp3) is 0.650. The first-order valence-electron chi connectivity index (χ1n) is 9.64. The average Bonchev–Trinajstić information content (AvgIpc) is 3.53. The molecule has 3 aliphatic rings. The zero-order chi connectivity index (χ0) is 17.2. The Labute approximate surface area is 149 Å². The molecular formula is C20H26N4O. The average molecular weight is 338 g/mol. The van der Waals surface area contributed by atoms with E-state index in [1.807, 2.05) is 11.0 Å². The highest BCUT2D eigenvalue weighted by Gasteiger charge is 2.42. The first-order chi connectivity index (χ1) is 12.3. The standard InChI is InChI=1S/C20H26N4O/c21-14-17-3-1-8-22-20(17)24-10-2-9-23(11-12-24)19(25)13-18(15-4-5-15)16-6-7-16/h1,3,8,15-16,18H,2,4-7,9-13H2. The number of amides is 1. The SMILES string of the molecule is N#Cc1cccnc1N1CCCN(C(=O)CC(C2CC2)C2CC2)CC1. The number of hydrogen-bond acceptors (Lipinski definition) is 4. The van der Waals surface area contributed by atoms with Crippen molar-refractivity contribution < 1.29 is 4.79 Å². The van der Waals surface area contributed by atoms with Crippen molar-refractivity contribution >= 4 is 11.7 Å². The molecule has 0 bridgehead atoms. The van der Waals surface area contributed by atoms with E-state index in [1.165, 1.54) is 25.7 Å². The van der Waals surface area contributed by atoms with Crippen molar-refractivity contribution in [2.24, 2.45) is 17.8 Å². The van der Waals surface area contributed by atoms with Crippen molar-refractivity contribution in [1.29, 1.82) is 5.26 Å². The third kappa shape index (κ3) is 3.78. The summed E-state index contributed by atoms with van der Waals surface area (Å²) in [6, 6.07) is 5.84. The van der Waals surface area contributed by atoms with Crippen LogP contribution in [0.1, 0.15) is 44.1 Å². The molecule has 1 aliphatic heterocycles. The van der Waals surface area contributed by atoms with Crippen LogP contribution in [0.2, 0.25) is 0 Å². The van der Waals surface area contributed by atoms with Crippen LogP contribution < -0.4 is 4.90 Å². The number of rotatable bonds is 5. The van der Waals surface area contributed by atoms with Crippen LogP contribution in [-0.2, 0) is 4.79 Å². The second kappa shape index (κ2) is 7.03. The molecule has 2 saturated carbocycles. The van der Waals surface area contributed by atoms with Gasteiger partial charge in [-0.15, -0.1) is 0 Å². The Balaban J connectivity index is 1.37. The number of nitrogens with zero attached hydrogens (tertiary/aromatic N) is 4. The van der Waals surface area contributed by atoms with Crippen molar-refractivity contribution in [2.45, 2.75) is 38.5 Å². The van der Waals surface area contributed by atoms with Crippen LogP contribution in [0, 0.1) is 29.1 Å². The van der Waals surface area contributed by atoms with Gasteiger partial charge in [0.1, 0.15) is 11.9 Å². The molecule has 0 atom stereocenters. The van der Waals surface area contributed by atoms with Gasteiger partial charge in [0.15, 0.2) is 0 Å². The summed E-state index contributed by atoms with van der Waals surface area (Å²) in [7, 11) is 0. The summed E-state index contributed by atoms with van der Waals surface area (Å²) in [5.74, 6) is 3.39. The van der Waals surface area contributed by atoms with Crippen molar-refractivity contribution in [2.75, 3.05) is 31.1 Å². The fourth-order valence-electron chi connectivity index (χ4n) is 4.21. The second-order valence-corrected chi connectivity index (χ2v) is 7.75. The number of hydrogen-bond donors (Lipinski definition) is 0. The third-order valence-corrected chi connectivity index (χ3v) is 5.92. The van der Waals surface area contributed by atoms with Crippen LogP contribution in [0.4, 0.5) is 5.82 Å². The lowest BCUT2D eigenvalue weighted by molar-refractivity contribution is -0.132. The minimum Gasteiger partial charge on any atom is -0.354 e. The van der Waals surface area contributed by atoms with Gasteiger partial charge in [0.25, 0.3) is 0 Å². The number of carbonyl (C=O) groups excluding carboxylic acids is 1. The summed E-state index contributed by atoms with van der Waals surface area (Å²) < 4.78 is 0. The first-order valence-corrected chi connectivity index (χ1v) is 9.64. The predicted octanol–water partition coefficient (Wildman–Crippen LogP) is 2.82. The molecule has 0 N–H and O–H groups in total. The molecule has 0 aromatic carbocycles. The molecule has 2 aliphatic carbocycles. The summed E-state index contributed by atoms with van der Waals surface area (Å²) in [6.07, 6.45) is 8.75. The summed E-state index contributed by atoms with van der Waals surface area (Å²) in [5.41, 5.74) is 0.616. The summed E-state index contributed by atoms with van der Waals surface area (Å²) in [4.78, 5) is 21.4. The first kappa shape index (κ1) is 16.4. The minimum absolute atomic E-state index is 0.340. The molecule has 1 amide bonds. The predicted molar refractivity (Wildman–Crippen MR) is 95.9 cm³/mol. The van der Waals surface area contributed by atoms with Crippen molar-refractivity contribution in [1.82, 2.24) is 9.88 Å². The normalized spacial score (nSPS) is 21.1. The van der Waals surface area contributed by atoms with Gasteiger partial charge in [-0.3, -0.25) is 4.79 Å². The molecule has 1 aromatic heterocycles. The van der Waals surface area contributed by atoms with E-state index in [0.29, 0.717) is 17.4 Å². The zero-order valence-electron chi connectivity index (χ0n) is 14.7. The molecule has 1 saturated heterocycles. The minimum atomic E-state index is 0.340. The highest BCUT2D eigenvalue weighted by molar-refractivity contribution is 5.76. The Bertz CT molecular complexity index is 663. The smallest absolute Gasteiger partial charge is 0.222 e. The largest absolute Gasteiger partial charge is 0.354 e. The molecule has 2 heterocycles. The molecule has 132 valence electrons. The van der Waals surface area contributed by atoms with E-state index in [4.69, 9.17) is 0 Å². The van der Waals surface area contributed by atoms with Gasteiger partial charge in [0.05, 0.1) is 5.56 Å². The summed E-state index contributed by atoms with van der Waals surface area (Å²) >= 11 is 0. The lowest BCUT2D eigenvalue weighted by atomic mass is 9.93. The Morgan fingerprint density at radius 1 is 1.20 bits per heavy atom. The lowest BCUT2D eigenvalue weighted by Gasteiger charge is -2.25. The number of aromatic nitrogens is 1. The molecular weight excluding hydrogens is 312 g/mol. The van der Waals surface area contributed by atoms with Gasteiger partial charge in [-0.2, -0.15) is 5.26 Å². The maximum atomic E-state index is 12.8. The Morgan fingerprint density at radius 3 is 2.64 bits per heavy atom. The number of anilines is 1. The lowest BCUT2D eigenvalue weighted by Crippen LogP contribution is -2.36. The van der Waals surface area contributed by atoms with Crippen LogP contribution in [0.25, 0.3) is 0 Å². The molecule has 5 nitrogen and oxygen atoms in total. The number of nitriles is 1. The van der Waals surface area contributed by atoms with E-state index < -0.39 is 0 Å². The van der Waals surface area contributed by atoms with Gasteiger partial charge in [-0.1, -0.05) is 0 Å². The van der Waals surface area contributed by atoms with Crippen LogP contribution in [-0.4, -0.2) is 42.0 Å². The quantitative estimate of drug-likeness (QED) is 0.828. The molecule has 5 heteroatoms. The molecule has 0 spiro atoms. The molecule has 3 fully saturated rings. The van der Waals surface area contributed by atoms with Gasteiger partial charge >= 0.3 is 0 Å². The van der Waals surface area contributed by atoms with Gasteiger partial charge in [-0.25, -0.2) is 4.98 Å². The number of carbonyl (C=O) groups is 1. The Morgan fingerprint density at radius 2 is 1.96 bits per heavy atom. The summed E-state index contributed by atoms with van der Waals surface area (Å²) in [5, 5.41) is 9.29. The zero-order valence-corrected chi connectivity index (χ0v) is 14.7. The van der Waals surface area contributed by atoms with Crippen molar-refractivity contribution in [3.05, 3.63) is 23.9 Å². The van der Waals surface area contributed by atoms with Crippen molar-refractivity contribution in [3.8, 4) is 6.07 Å². The van der Waals surface area contributed by atoms with Gasteiger partial charge in [0, 0.05) is 38.8 Å². The van der Waals surface area contributed by atoms with Crippen LogP contribution >= 0.6 is 0 Å². The summed E-state index contributed by atoms with van der Waals surface area (Å²) in [6.45, 7) is 3.17. The highest BCUT2D eigenvalue weighted by atomic mass is 16.2. The van der Waals surface area contributed by atoms with Crippen LogP contribution in [0.15, 0.2) is 18.3 Å². The molecule has 0 radical (unpaired) electrons. The van der Waals surface area contributed by atoms with Crippen molar-refractivity contribution in [3.63, 3.8) is 0 Å². The monoisotopic (exact) mass is 338 g/mol. The highest BCUT2D eigenvalue weighted by Crippen LogP contribution is 2.50. The topological polar surface area (TPSA) is 60.2 Å². The van der Waals surface area contributed by atoms with E-state index in [2.05, 4.69) is 16.0 Å². The van der Waals surface area contributed by atoms with Crippen LogP contribution in [0.5, 0.6) is 0 Å². The third-order valence-electron chi connectivity index (χ3n) is 5.92. The molecule has 0 unspecified atom stereocenters. The van der Waals surface area contributed by atoms with E-state index in [1.54, 1.807) is 12.3 Å².